The lowest BCUT2D eigenvalue weighted by Crippen LogP contribution is -2.42. The highest BCUT2D eigenvalue weighted by atomic mass is 19.4. The van der Waals surface area contributed by atoms with E-state index in [0.29, 0.717) is 12.8 Å². The number of halogens is 3. The smallest absolute Gasteiger partial charge is 0.335 e. The lowest BCUT2D eigenvalue weighted by molar-refractivity contribution is -0.183. The molecule has 1 heterocycles. The van der Waals surface area contributed by atoms with Gasteiger partial charge in [-0.2, -0.15) is 13.2 Å². The molecule has 1 amide bonds. The van der Waals surface area contributed by atoms with Crippen molar-refractivity contribution in [3.63, 3.8) is 0 Å². The van der Waals surface area contributed by atoms with Gasteiger partial charge < -0.3 is 5.32 Å². The third kappa shape index (κ3) is 3.02. The van der Waals surface area contributed by atoms with Gasteiger partial charge >= 0.3 is 12.2 Å². The molecule has 0 aromatic carbocycles. The van der Waals surface area contributed by atoms with Gasteiger partial charge in [-0.1, -0.05) is 6.42 Å². The molecule has 7 heteroatoms. The molecular weight excluding hydrogens is 247 g/mol. The molecule has 1 fully saturated rings. The van der Waals surface area contributed by atoms with Crippen LogP contribution in [0.2, 0.25) is 0 Å². The normalized spacial score (nSPS) is 24.8. The third-order valence-electron chi connectivity index (χ3n) is 3.20. The van der Waals surface area contributed by atoms with E-state index in [2.05, 4.69) is 10.3 Å². The number of carbonyl (C=O) groups is 1. The standard InChI is InChI=1S/C11H14F3N3O/c12-11(13,14)8-2-1-3-9(6-8)16-10(18)17-5-4-15-7-17/h4-5,7-9H,1-3,6H2,(H,16,18). The Morgan fingerprint density at radius 2 is 2.17 bits per heavy atom. The molecule has 1 N–H and O–H groups in total. The highest BCUT2D eigenvalue weighted by Crippen LogP contribution is 2.37. The first-order valence-corrected chi connectivity index (χ1v) is 5.82. The summed E-state index contributed by atoms with van der Waals surface area (Å²) in [6.07, 6.45) is 1.24. The van der Waals surface area contributed by atoms with Gasteiger partial charge in [-0.3, -0.25) is 4.57 Å². The summed E-state index contributed by atoms with van der Waals surface area (Å²) >= 11 is 0. The summed E-state index contributed by atoms with van der Waals surface area (Å²) in [7, 11) is 0. The van der Waals surface area contributed by atoms with Crippen LogP contribution in [0.15, 0.2) is 18.7 Å². The van der Waals surface area contributed by atoms with Gasteiger partial charge in [0, 0.05) is 18.4 Å². The number of alkyl halides is 3. The first-order chi connectivity index (χ1) is 8.47. The second-order valence-corrected chi connectivity index (χ2v) is 4.52. The number of nitrogens with zero attached hydrogens (tertiary/aromatic N) is 2. The Kier molecular flexibility index (Phi) is 3.58. The Hall–Kier alpha value is -1.53. The Labute approximate surface area is 102 Å². The van der Waals surface area contributed by atoms with E-state index in [4.69, 9.17) is 0 Å². The molecule has 1 aliphatic carbocycles. The van der Waals surface area contributed by atoms with E-state index in [-0.39, 0.29) is 12.8 Å². The van der Waals surface area contributed by atoms with Crippen LogP contribution in [0.5, 0.6) is 0 Å². The minimum absolute atomic E-state index is 0.0378. The molecule has 18 heavy (non-hydrogen) atoms. The number of carbonyl (C=O) groups excluding carboxylic acids is 1. The molecule has 2 unspecified atom stereocenters. The fraction of sp³-hybridized carbons (Fsp3) is 0.636. The molecule has 2 rings (SSSR count). The zero-order valence-corrected chi connectivity index (χ0v) is 9.65. The molecule has 2 atom stereocenters. The maximum Gasteiger partial charge on any atom is 0.391 e. The lowest BCUT2D eigenvalue weighted by atomic mass is 9.85. The maximum absolute atomic E-state index is 12.6. The molecule has 100 valence electrons. The van der Waals surface area contributed by atoms with E-state index in [1.165, 1.54) is 23.3 Å². The van der Waals surface area contributed by atoms with Crippen molar-refractivity contribution in [1.82, 2.24) is 14.9 Å². The number of rotatable bonds is 1. The molecule has 0 spiro atoms. The average Bonchev–Trinajstić information content (AvgIpc) is 2.81. The molecular formula is C11H14F3N3O. The fourth-order valence-corrected chi connectivity index (χ4v) is 2.25. The Morgan fingerprint density at radius 3 is 2.78 bits per heavy atom. The summed E-state index contributed by atoms with van der Waals surface area (Å²) in [4.78, 5) is 15.4. The minimum Gasteiger partial charge on any atom is -0.335 e. The van der Waals surface area contributed by atoms with Crippen molar-refractivity contribution in [2.45, 2.75) is 37.9 Å². The predicted molar refractivity (Wildman–Crippen MR) is 58.0 cm³/mol. The van der Waals surface area contributed by atoms with Gasteiger partial charge in [-0.05, 0) is 19.3 Å². The Morgan fingerprint density at radius 1 is 1.39 bits per heavy atom. The monoisotopic (exact) mass is 261 g/mol. The van der Waals surface area contributed by atoms with Crippen molar-refractivity contribution in [3.8, 4) is 0 Å². The number of amides is 1. The second-order valence-electron chi connectivity index (χ2n) is 4.52. The molecule has 4 nitrogen and oxygen atoms in total. The lowest BCUT2D eigenvalue weighted by Gasteiger charge is -2.30. The van der Waals surface area contributed by atoms with E-state index in [1.807, 2.05) is 0 Å². The SMILES string of the molecule is O=C(NC1CCCC(C(F)(F)F)C1)n1ccnc1. The highest BCUT2D eigenvalue weighted by Gasteiger charge is 2.42. The summed E-state index contributed by atoms with van der Waals surface area (Å²) in [5.74, 6) is -1.31. The maximum atomic E-state index is 12.6. The summed E-state index contributed by atoms with van der Waals surface area (Å²) in [5.41, 5.74) is 0. The molecule has 0 saturated heterocycles. The van der Waals surface area contributed by atoms with E-state index in [9.17, 15) is 18.0 Å². The van der Waals surface area contributed by atoms with E-state index in [0.717, 1.165) is 0 Å². The zero-order valence-electron chi connectivity index (χ0n) is 9.65. The van der Waals surface area contributed by atoms with Gasteiger partial charge in [-0.25, -0.2) is 9.78 Å². The van der Waals surface area contributed by atoms with Crippen LogP contribution in [0.4, 0.5) is 18.0 Å². The Bertz CT molecular complexity index is 402. The summed E-state index contributed by atoms with van der Waals surface area (Å²) in [5, 5.41) is 2.61. The average molecular weight is 261 g/mol. The van der Waals surface area contributed by atoms with Crippen LogP contribution in [-0.4, -0.2) is 27.8 Å². The van der Waals surface area contributed by atoms with Crippen LogP contribution in [0.25, 0.3) is 0 Å². The zero-order chi connectivity index (χ0) is 13.2. The van der Waals surface area contributed by atoms with Gasteiger partial charge in [-0.15, -0.1) is 0 Å². The predicted octanol–water partition coefficient (Wildman–Crippen LogP) is 2.56. The van der Waals surface area contributed by atoms with Crippen LogP contribution >= 0.6 is 0 Å². The number of hydrogen-bond donors (Lipinski definition) is 1. The molecule has 0 bridgehead atoms. The van der Waals surface area contributed by atoms with Crippen LogP contribution in [0.1, 0.15) is 25.7 Å². The Balaban J connectivity index is 1.92. The highest BCUT2D eigenvalue weighted by molar-refractivity contribution is 5.76. The van der Waals surface area contributed by atoms with Crippen LogP contribution in [0.3, 0.4) is 0 Å². The second kappa shape index (κ2) is 4.99. The molecule has 1 aliphatic rings. The first-order valence-electron chi connectivity index (χ1n) is 5.82. The van der Waals surface area contributed by atoms with Crippen LogP contribution < -0.4 is 5.32 Å². The quantitative estimate of drug-likeness (QED) is 0.844. The van der Waals surface area contributed by atoms with Gasteiger partial charge in [0.25, 0.3) is 0 Å². The van der Waals surface area contributed by atoms with Crippen LogP contribution in [0, 0.1) is 5.92 Å². The number of imidazole rings is 1. The number of hydrogen-bond acceptors (Lipinski definition) is 2. The van der Waals surface area contributed by atoms with E-state index >= 15 is 0 Å². The summed E-state index contributed by atoms with van der Waals surface area (Å²) < 4.78 is 39.0. The van der Waals surface area contributed by atoms with Crippen molar-refractivity contribution in [2.75, 3.05) is 0 Å². The van der Waals surface area contributed by atoms with Gasteiger partial charge in [0.1, 0.15) is 6.33 Å². The van der Waals surface area contributed by atoms with Gasteiger partial charge in [0.15, 0.2) is 0 Å². The molecule has 1 saturated carbocycles. The van der Waals surface area contributed by atoms with Crippen molar-refractivity contribution in [2.24, 2.45) is 5.92 Å². The fourth-order valence-electron chi connectivity index (χ4n) is 2.25. The third-order valence-corrected chi connectivity index (χ3v) is 3.20. The topological polar surface area (TPSA) is 46.9 Å². The first kappa shape index (κ1) is 12.9. The molecule has 1 aromatic rings. The van der Waals surface area contributed by atoms with Crippen molar-refractivity contribution in [3.05, 3.63) is 18.7 Å². The summed E-state index contributed by atoms with van der Waals surface area (Å²) in [6.45, 7) is 0. The van der Waals surface area contributed by atoms with Crippen molar-refractivity contribution < 1.29 is 18.0 Å². The summed E-state index contributed by atoms with van der Waals surface area (Å²) in [6, 6.07) is -0.847. The van der Waals surface area contributed by atoms with Gasteiger partial charge in [0.05, 0.1) is 5.92 Å². The van der Waals surface area contributed by atoms with Crippen molar-refractivity contribution >= 4 is 6.03 Å². The molecule has 1 aromatic heterocycles. The van der Waals surface area contributed by atoms with E-state index < -0.39 is 24.2 Å². The largest absolute Gasteiger partial charge is 0.391 e. The molecule has 0 radical (unpaired) electrons. The van der Waals surface area contributed by atoms with E-state index in [1.54, 1.807) is 0 Å². The molecule has 0 aliphatic heterocycles. The van der Waals surface area contributed by atoms with Crippen molar-refractivity contribution in [1.29, 1.82) is 0 Å². The number of nitrogens with one attached hydrogen (secondary N) is 1. The van der Waals surface area contributed by atoms with Crippen LogP contribution in [-0.2, 0) is 0 Å². The van der Waals surface area contributed by atoms with Gasteiger partial charge in [0.2, 0.25) is 0 Å². The minimum atomic E-state index is -4.17. The number of aromatic nitrogens is 2.